The molecule has 0 spiro atoms. The van der Waals surface area contributed by atoms with Crippen LogP contribution in [0.4, 0.5) is 0 Å². The highest BCUT2D eigenvalue weighted by Crippen LogP contribution is 2.28. The first kappa shape index (κ1) is 19.3. The van der Waals surface area contributed by atoms with Gasteiger partial charge in [-0.25, -0.2) is 15.0 Å². The molecule has 0 radical (unpaired) electrons. The van der Waals surface area contributed by atoms with E-state index in [-0.39, 0.29) is 12.2 Å². The van der Waals surface area contributed by atoms with Gasteiger partial charge in [0, 0.05) is 37.7 Å². The molecule has 0 aromatic carbocycles. The maximum Gasteiger partial charge on any atom is 0.258 e. The number of nitrogens with zero attached hydrogens (tertiary/aromatic N) is 4. The molecule has 0 aliphatic carbocycles. The first-order valence-electron chi connectivity index (χ1n) is 9.80. The van der Waals surface area contributed by atoms with Crippen LogP contribution < -0.4 is 9.47 Å². The largest absolute Gasteiger partial charge is 0.478 e. The zero-order chi connectivity index (χ0) is 20.2. The van der Waals surface area contributed by atoms with Crippen molar-refractivity contribution < 1.29 is 19.0 Å². The molecule has 152 valence electrons. The number of methoxy groups -OCH3 is 1. The van der Waals surface area contributed by atoms with Crippen LogP contribution in [0, 0.1) is 0 Å². The van der Waals surface area contributed by atoms with E-state index in [1.165, 1.54) is 0 Å². The number of carbonyl (C=O) groups is 1. The van der Waals surface area contributed by atoms with Crippen LogP contribution in [-0.4, -0.2) is 52.1 Å². The van der Waals surface area contributed by atoms with Crippen LogP contribution in [0.5, 0.6) is 11.8 Å². The Kier molecular flexibility index (Phi) is 5.71. The summed E-state index contributed by atoms with van der Waals surface area (Å²) in [5.74, 6) is 1.00. The Balaban J connectivity index is 1.63. The number of fused-ring (bicyclic) bond motifs is 1. The van der Waals surface area contributed by atoms with Crippen LogP contribution in [0.1, 0.15) is 47.4 Å². The Hall–Kier alpha value is -3.00. The fraction of sp³-hybridized carbons (Fsp3) is 0.429. The molecule has 0 unspecified atom stereocenters. The normalized spacial score (nSPS) is 14.8. The third kappa shape index (κ3) is 4.07. The average molecular weight is 396 g/mol. The number of pyridine rings is 1. The summed E-state index contributed by atoms with van der Waals surface area (Å²) < 4.78 is 18.3. The van der Waals surface area contributed by atoms with Crippen LogP contribution in [0.2, 0.25) is 0 Å². The number of hydrogen-bond donors (Lipinski definition) is 0. The fourth-order valence-electron chi connectivity index (χ4n) is 3.57. The number of imidazole rings is 1. The maximum atomic E-state index is 12.9. The maximum absolute atomic E-state index is 12.9. The summed E-state index contributed by atoms with van der Waals surface area (Å²) in [6.45, 7) is 3.81. The van der Waals surface area contributed by atoms with Gasteiger partial charge in [-0.1, -0.05) is 0 Å². The van der Waals surface area contributed by atoms with Crippen molar-refractivity contribution in [1.82, 2.24) is 19.4 Å². The lowest BCUT2D eigenvalue weighted by atomic mass is 9.97. The molecule has 8 heteroatoms. The molecule has 3 aromatic rings. The van der Waals surface area contributed by atoms with Crippen molar-refractivity contribution in [2.24, 2.45) is 0 Å². The van der Waals surface area contributed by atoms with E-state index >= 15 is 0 Å². The Labute approximate surface area is 168 Å². The fourth-order valence-corrected chi connectivity index (χ4v) is 3.57. The second-order valence-electron chi connectivity index (χ2n) is 6.91. The molecule has 0 atom stereocenters. The highest BCUT2D eigenvalue weighted by molar-refractivity contribution is 5.99. The molecular weight excluding hydrogens is 372 g/mol. The van der Waals surface area contributed by atoms with Gasteiger partial charge in [0.05, 0.1) is 37.1 Å². The Morgan fingerprint density at radius 2 is 2.07 bits per heavy atom. The average Bonchev–Trinajstić information content (AvgIpc) is 3.18. The molecule has 8 nitrogen and oxygen atoms in total. The van der Waals surface area contributed by atoms with Gasteiger partial charge in [0.1, 0.15) is 0 Å². The molecule has 4 rings (SSSR count). The van der Waals surface area contributed by atoms with Gasteiger partial charge in [-0.05, 0) is 31.9 Å². The predicted octanol–water partition coefficient (Wildman–Crippen LogP) is 2.85. The van der Waals surface area contributed by atoms with E-state index in [1.54, 1.807) is 25.4 Å². The number of ketones is 1. The lowest BCUT2D eigenvalue weighted by Crippen LogP contribution is -2.14. The second-order valence-corrected chi connectivity index (χ2v) is 6.91. The van der Waals surface area contributed by atoms with E-state index in [2.05, 4.69) is 9.97 Å². The summed E-state index contributed by atoms with van der Waals surface area (Å²) >= 11 is 0. The van der Waals surface area contributed by atoms with Gasteiger partial charge in [-0.3, -0.25) is 4.79 Å². The minimum atomic E-state index is -0.111. The zero-order valence-corrected chi connectivity index (χ0v) is 16.6. The summed E-state index contributed by atoms with van der Waals surface area (Å²) in [6, 6.07) is 3.44. The van der Waals surface area contributed by atoms with E-state index in [0.717, 1.165) is 31.7 Å². The molecule has 1 fully saturated rings. The van der Waals surface area contributed by atoms with Crippen LogP contribution in [0.3, 0.4) is 0 Å². The highest BCUT2D eigenvalue weighted by atomic mass is 16.5. The summed E-state index contributed by atoms with van der Waals surface area (Å²) in [5, 5.41) is 0. The topological polar surface area (TPSA) is 87.8 Å². The lowest BCUT2D eigenvalue weighted by Gasteiger charge is -2.19. The van der Waals surface area contributed by atoms with Crippen molar-refractivity contribution in [1.29, 1.82) is 0 Å². The molecule has 1 saturated heterocycles. The number of ether oxygens (including phenoxy) is 3. The van der Waals surface area contributed by atoms with E-state index in [0.29, 0.717) is 41.2 Å². The lowest BCUT2D eigenvalue weighted by molar-refractivity contribution is 0.0846. The van der Waals surface area contributed by atoms with Crippen molar-refractivity contribution in [3.63, 3.8) is 0 Å². The van der Waals surface area contributed by atoms with E-state index in [1.807, 2.05) is 23.7 Å². The van der Waals surface area contributed by atoms with E-state index in [4.69, 9.17) is 19.2 Å². The molecule has 0 amide bonds. The van der Waals surface area contributed by atoms with Gasteiger partial charge in [-0.2, -0.15) is 0 Å². The second kappa shape index (κ2) is 8.57. The Bertz CT molecular complexity index is 1010. The molecule has 29 heavy (non-hydrogen) atoms. The molecule has 4 heterocycles. The van der Waals surface area contributed by atoms with Crippen molar-refractivity contribution >= 4 is 11.4 Å². The monoisotopic (exact) mass is 396 g/mol. The quantitative estimate of drug-likeness (QED) is 0.568. The van der Waals surface area contributed by atoms with Crippen LogP contribution in [0.15, 0.2) is 30.7 Å². The molecular formula is C21H24N4O4. The smallest absolute Gasteiger partial charge is 0.258 e. The first-order valence-corrected chi connectivity index (χ1v) is 9.80. The number of carbonyl (C=O) groups excluding carboxylic acids is 1. The van der Waals surface area contributed by atoms with Crippen LogP contribution in [0.25, 0.3) is 5.65 Å². The third-order valence-corrected chi connectivity index (χ3v) is 5.00. The third-order valence-electron chi connectivity index (χ3n) is 5.00. The number of hydrogen-bond acceptors (Lipinski definition) is 7. The first-order chi connectivity index (χ1) is 14.2. The predicted molar refractivity (Wildman–Crippen MR) is 106 cm³/mol. The van der Waals surface area contributed by atoms with Gasteiger partial charge in [-0.15, -0.1) is 0 Å². The van der Waals surface area contributed by atoms with Gasteiger partial charge in [0.15, 0.2) is 5.78 Å². The van der Waals surface area contributed by atoms with Gasteiger partial charge in [0.2, 0.25) is 11.5 Å². The van der Waals surface area contributed by atoms with Crippen LogP contribution in [-0.2, 0) is 11.2 Å². The number of aromatic nitrogens is 4. The molecule has 1 aliphatic rings. The molecule has 0 bridgehead atoms. The van der Waals surface area contributed by atoms with Crippen molar-refractivity contribution in [3.8, 4) is 11.8 Å². The summed E-state index contributed by atoms with van der Waals surface area (Å²) in [4.78, 5) is 26.3. The summed E-state index contributed by atoms with van der Waals surface area (Å²) in [5.41, 5.74) is 2.70. The van der Waals surface area contributed by atoms with E-state index < -0.39 is 0 Å². The molecule has 3 aromatic heterocycles. The van der Waals surface area contributed by atoms with Crippen molar-refractivity contribution in [2.75, 3.05) is 26.9 Å². The van der Waals surface area contributed by atoms with Gasteiger partial charge < -0.3 is 18.6 Å². The van der Waals surface area contributed by atoms with Gasteiger partial charge in [0.25, 0.3) is 5.88 Å². The molecule has 0 N–H and O–H groups in total. The molecule has 1 aliphatic heterocycles. The van der Waals surface area contributed by atoms with Crippen molar-refractivity contribution in [3.05, 3.63) is 47.7 Å². The number of Topliss-reactive ketones (excluding diaryl/α,β-unsaturated/α-hetero) is 1. The molecule has 0 saturated carbocycles. The summed E-state index contributed by atoms with van der Waals surface area (Å²) in [6.07, 6.45) is 7.46. The SMILES string of the molecule is CCOc1ncccc1C(=O)Cc1cn2cc(C3CCOCC3)nc2c(OC)n1. The minimum absolute atomic E-state index is 0.111. The Morgan fingerprint density at radius 3 is 2.83 bits per heavy atom. The highest BCUT2D eigenvalue weighted by Gasteiger charge is 2.21. The summed E-state index contributed by atoms with van der Waals surface area (Å²) in [7, 11) is 1.56. The van der Waals surface area contributed by atoms with Crippen LogP contribution >= 0.6 is 0 Å². The van der Waals surface area contributed by atoms with Crippen molar-refractivity contribution in [2.45, 2.75) is 32.1 Å². The van der Waals surface area contributed by atoms with E-state index in [9.17, 15) is 4.79 Å². The number of rotatable bonds is 7. The standard InChI is InChI=1S/C21H24N4O4/c1-3-29-20-16(5-4-8-22-20)18(26)11-15-12-25-13-17(14-6-9-28-10-7-14)24-19(25)21(23-15)27-2/h4-5,8,12-14H,3,6-7,9-11H2,1-2H3. The van der Waals surface area contributed by atoms with Gasteiger partial charge >= 0.3 is 0 Å². The Morgan fingerprint density at radius 1 is 1.24 bits per heavy atom. The minimum Gasteiger partial charge on any atom is -0.478 e. The zero-order valence-electron chi connectivity index (χ0n) is 16.6.